The van der Waals surface area contributed by atoms with E-state index in [4.69, 9.17) is 32.2 Å². The second-order valence-corrected chi connectivity index (χ2v) is 6.36. The second kappa shape index (κ2) is 8.27. The van der Waals surface area contributed by atoms with Crippen LogP contribution in [0, 0.1) is 5.82 Å². The average molecular weight is 415 g/mol. The highest BCUT2D eigenvalue weighted by Gasteiger charge is 2.19. The highest BCUT2D eigenvalue weighted by molar-refractivity contribution is 7.80. The van der Waals surface area contributed by atoms with Gasteiger partial charge in [0.05, 0.1) is 25.4 Å². The van der Waals surface area contributed by atoms with Crippen molar-refractivity contribution >= 4 is 39.8 Å². The number of methoxy groups -OCH3 is 2. The Balaban J connectivity index is 2.00. The Labute approximate surface area is 171 Å². The summed E-state index contributed by atoms with van der Waals surface area (Å²) in [5.41, 5.74) is 6.09. The van der Waals surface area contributed by atoms with Gasteiger partial charge >= 0.3 is 0 Å². The van der Waals surface area contributed by atoms with Gasteiger partial charge in [0.25, 0.3) is 0 Å². The third-order valence-electron chi connectivity index (χ3n) is 4.13. The number of carbonyl (C=O) groups excluding carboxylic acids is 1. The Bertz CT molecular complexity index is 1090. The van der Waals surface area contributed by atoms with Crippen LogP contribution in [-0.2, 0) is 4.79 Å². The normalized spacial score (nSPS) is 10.5. The lowest BCUT2D eigenvalue weighted by Crippen LogP contribution is -2.39. The van der Waals surface area contributed by atoms with Crippen molar-refractivity contribution in [1.82, 2.24) is 4.98 Å². The Morgan fingerprint density at radius 1 is 1.10 bits per heavy atom. The molecule has 2 aromatic carbocycles. The van der Waals surface area contributed by atoms with Gasteiger partial charge in [0.15, 0.2) is 22.4 Å². The van der Waals surface area contributed by atoms with E-state index in [1.54, 1.807) is 24.4 Å². The maximum atomic E-state index is 14.6. The first-order valence-corrected chi connectivity index (χ1v) is 8.84. The molecule has 0 saturated carbocycles. The Morgan fingerprint density at radius 2 is 1.79 bits per heavy atom. The number of hydrogen-bond acceptors (Lipinski definition) is 6. The molecule has 0 fully saturated rings. The summed E-state index contributed by atoms with van der Waals surface area (Å²) in [6.45, 7) is 1.24. The predicted molar refractivity (Wildman–Crippen MR) is 111 cm³/mol. The molecule has 150 valence electrons. The van der Waals surface area contributed by atoms with Crippen molar-refractivity contribution in [3.05, 3.63) is 48.4 Å². The third kappa shape index (κ3) is 4.04. The van der Waals surface area contributed by atoms with Gasteiger partial charge in [0, 0.05) is 30.6 Å². The van der Waals surface area contributed by atoms with Crippen molar-refractivity contribution < 1.29 is 23.4 Å². The van der Waals surface area contributed by atoms with Crippen molar-refractivity contribution in [2.24, 2.45) is 5.73 Å². The molecule has 0 spiro atoms. The maximum absolute atomic E-state index is 14.6. The largest absolute Gasteiger partial charge is 0.493 e. The zero-order valence-electron chi connectivity index (χ0n) is 15.9. The molecule has 29 heavy (non-hydrogen) atoms. The molecule has 0 aliphatic heterocycles. The van der Waals surface area contributed by atoms with Gasteiger partial charge in [0.1, 0.15) is 11.5 Å². The number of nitrogens with two attached hydrogens (primary N) is 1. The van der Waals surface area contributed by atoms with Gasteiger partial charge < -0.3 is 19.9 Å². The molecule has 0 bridgehead atoms. The first-order chi connectivity index (χ1) is 13.8. The Hall–Kier alpha value is -3.46. The summed E-state index contributed by atoms with van der Waals surface area (Å²) in [6.07, 6.45) is 1.57. The minimum Gasteiger partial charge on any atom is -0.493 e. The molecule has 2 N–H and O–H groups in total. The van der Waals surface area contributed by atoms with E-state index in [9.17, 15) is 9.18 Å². The Kier molecular flexibility index (Phi) is 5.79. The number of rotatable bonds is 5. The SMILES string of the molecule is COc1cc2nccc(Oc3ccc(N(C(C)=O)C(N)=S)c(F)c3)c2cc1OC. The number of benzene rings is 2. The smallest absolute Gasteiger partial charge is 0.230 e. The van der Waals surface area contributed by atoms with Crippen LogP contribution in [0.15, 0.2) is 42.6 Å². The number of carbonyl (C=O) groups is 1. The molecule has 7 nitrogen and oxygen atoms in total. The van der Waals surface area contributed by atoms with E-state index in [-0.39, 0.29) is 16.5 Å². The number of ether oxygens (including phenoxy) is 3. The number of halogens is 1. The van der Waals surface area contributed by atoms with Gasteiger partial charge in [-0.15, -0.1) is 0 Å². The molecule has 3 rings (SSSR count). The monoisotopic (exact) mass is 415 g/mol. The lowest BCUT2D eigenvalue weighted by molar-refractivity contribution is -0.115. The highest BCUT2D eigenvalue weighted by Crippen LogP contribution is 2.37. The summed E-state index contributed by atoms with van der Waals surface area (Å²) in [4.78, 5) is 16.9. The van der Waals surface area contributed by atoms with Gasteiger partial charge in [-0.2, -0.15) is 0 Å². The number of hydrogen-bond donors (Lipinski definition) is 1. The topological polar surface area (TPSA) is 86.9 Å². The van der Waals surface area contributed by atoms with Gasteiger partial charge in [0.2, 0.25) is 5.91 Å². The number of pyridine rings is 1. The second-order valence-electron chi connectivity index (χ2n) is 5.94. The third-order valence-corrected chi connectivity index (χ3v) is 4.31. The quantitative estimate of drug-likeness (QED) is 0.635. The van der Waals surface area contributed by atoms with Crippen LogP contribution < -0.4 is 24.8 Å². The van der Waals surface area contributed by atoms with Gasteiger partial charge in [-0.3, -0.25) is 14.7 Å². The lowest BCUT2D eigenvalue weighted by atomic mass is 10.1. The molecule has 0 unspecified atom stereocenters. The molecule has 0 aliphatic rings. The van der Waals surface area contributed by atoms with Crippen molar-refractivity contribution in [1.29, 1.82) is 0 Å². The molecule has 0 atom stereocenters. The van der Waals surface area contributed by atoms with E-state index in [0.717, 1.165) is 11.0 Å². The summed E-state index contributed by atoms with van der Waals surface area (Å²) in [6, 6.07) is 9.13. The molecule has 3 aromatic rings. The van der Waals surface area contributed by atoms with E-state index >= 15 is 0 Å². The fraction of sp³-hybridized carbons (Fsp3) is 0.150. The zero-order chi connectivity index (χ0) is 21.1. The van der Waals surface area contributed by atoms with Crippen LogP contribution in [0.25, 0.3) is 10.9 Å². The number of fused-ring (bicyclic) bond motifs is 1. The molecule has 0 radical (unpaired) electrons. The van der Waals surface area contributed by atoms with Crippen LogP contribution in [0.5, 0.6) is 23.0 Å². The number of nitrogens with zero attached hydrogens (tertiary/aromatic N) is 2. The first kappa shape index (κ1) is 20.3. The van der Waals surface area contributed by atoms with E-state index in [1.165, 1.54) is 33.3 Å². The summed E-state index contributed by atoms with van der Waals surface area (Å²) in [7, 11) is 3.06. The number of anilines is 1. The minimum atomic E-state index is -0.705. The van der Waals surface area contributed by atoms with Gasteiger partial charge in [-0.1, -0.05) is 0 Å². The van der Waals surface area contributed by atoms with Crippen LogP contribution in [-0.4, -0.2) is 30.2 Å². The molecule has 1 heterocycles. The molecule has 1 amide bonds. The van der Waals surface area contributed by atoms with Crippen LogP contribution in [0.4, 0.5) is 10.1 Å². The van der Waals surface area contributed by atoms with E-state index in [2.05, 4.69) is 4.98 Å². The van der Waals surface area contributed by atoms with E-state index in [0.29, 0.717) is 28.2 Å². The fourth-order valence-electron chi connectivity index (χ4n) is 2.84. The number of aromatic nitrogens is 1. The van der Waals surface area contributed by atoms with Gasteiger partial charge in [-0.05, 0) is 36.5 Å². The van der Waals surface area contributed by atoms with Crippen molar-refractivity contribution in [2.75, 3.05) is 19.1 Å². The predicted octanol–water partition coefficient (Wildman–Crippen LogP) is 3.78. The summed E-state index contributed by atoms with van der Waals surface area (Å²) in [5, 5.41) is 0.411. The molecule has 0 aliphatic carbocycles. The molecular weight excluding hydrogens is 397 g/mol. The summed E-state index contributed by atoms with van der Waals surface area (Å²) in [5.74, 6) is 0.505. The van der Waals surface area contributed by atoms with E-state index < -0.39 is 11.7 Å². The van der Waals surface area contributed by atoms with Crippen LogP contribution in [0.1, 0.15) is 6.92 Å². The van der Waals surface area contributed by atoms with Crippen molar-refractivity contribution in [3.63, 3.8) is 0 Å². The maximum Gasteiger partial charge on any atom is 0.230 e. The van der Waals surface area contributed by atoms with Crippen LogP contribution in [0.2, 0.25) is 0 Å². The molecule has 0 saturated heterocycles. The van der Waals surface area contributed by atoms with Crippen molar-refractivity contribution in [3.8, 4) is 23.0 Å². The standard InChI is InChI=1S/C20H18FN3O4S/c1-11(25)24(20(22)29)16-5-4-12(8-14(16)21)28-17-6-7-23-15-10-19(27-3)18(26-2)9-13(15)17/h4-10H,1-3H3,(H2,22,29). The molecular formula is C20H18FN3O4S. The first-order valence-electron chi connectivity index (χ1n) is 8.44. The highest BCUT2D eigenvalue weighted by atomic mass is 32.1. The zero-order valence-corrected chi connectivity index (χ0v) is 16.7. The summed E-state index contributed by atoms with van der Waals surface area (Å²) < 4.78 is 31.1. The minimum absolute atomic E-state index is 0.0525. The number of amides is 1. The summed E-state index contributed by atoms with van der Waals surface area (Å²) >= 11 is 4.83. The van der Waals surface area contributed by atoms with Crippen LogP contribution in [0.3, 0.4) is 0 Å². The van der Waals surface area contributed by atoms with E-state index in [1.807, 2.05) is 0 Å². The number of thiocarbonyl (C=S) groups is 1. The van der Waals surface area contributed by atoms with Crippen molar-refractivity contribution in [2.45, 2.75) is 6.92 Å². The molecule has 9 heteroatoms. The molecule has 1 aromatic heterocycles. The average Bonchev–Trinajstić information content (AvgIpc) is 2.68. The van der Waals surface area contributed by atoms with Crippen LogP contribution >= 0.6 is 12.2 Å². The fourth-order valence-corrected chi connectivity index (χ4v) is 3.07. The van der Waals surface area contributed by atoms with Gasteiger partial charge in [-0.25, -0.2) is 4.39 Å². The lowest BCUT2D eigenvalue weighted by Gasteiger charge is -2.20. The Morgan fingerprint density at radius 3 is 2.38 bits per heavy atom.